The minimum Gasteiger partial charge on any atom is -0.380 e. The number of nitrogens with zero attached hydrogens (tertiary/aromatic N) is 1. The van der Waals surface area contributed by atoms with Crippen molar-refractivity contribution in [2.24, 2.45) is 0 Å². The van der Waals surface area contributed by atoms with Crippen molar-refractivity contribution < 1.29 is 9.53 Å². The second kappa shape index (κ2) is 6.47. The zero-order chi connectivity index (χ0) is 12.8. The van der Waals surface area contributed by atoms with Crippen LogP contribution in [0.3, 0.4) is 0 Å². The highest BCUT2D eigenvalue weighted by atomic mass is 35.5. The van der Waals surface area contributed by atoms with Crippen molar-refractivity contribution in [3.8, 4) is 0 Å². The van der Waals surface area contributed by atoms with E-state index in [-0.39, 0.29) is 11.8 Å². The van der Waals surface area contributed by atoms with Crippen molar-refractivity contribution in [1.29, 1.82) is 0 Å². The number of benzene rings is 1. The van der Waals surface area contributed by atoms with Gasteiger partial charge in [0.15, 0.2) is 0 Å². The van der Waals surface area contributed by atoms with E-state index in [4.69, 9.17) is 16.3 Å². The molecule has 0 radical (unpaired) electrons. The van der Waals surface area contributed by atoms with Crippen molar-refractivity contribution in [3.63, 3.8) is 0 Å². The molecule has 5 heteroatoms. The Balaban J connectivity index is 3.02. The van der Waals surface area contributed by atoms with Gasteiger partial charge in [0.2, 0.25) is 5.91 Å². The molecule has 4 nitrogen and oxygen atoms in total. The van der Waals surface area contributed by atoms with Crippen LogP contribution in [0.5, 0.6) is 0 Å². The van der Waals surface area contributed by atoms with E-state index in [0.29, 0.717) is 6.61 Å². The Morgan fingerprint density at radius 1 is 1.47 bits per heavy atom. The number of halogens is 1. The summed E-state index contributed by atoms with van der Waals surface area (Å²) in [5.74, 6) is -0.279. The standard InChI is InChI=1S/C12H17ClN2O2/c1-15(2)10-5-4-9(8-17-3)11(6-10)14-12(16)7-13/h4-6H,7-8H2,1-3H3,(H,14,16). The Morgan fingerprint density at radius 2 is 2.18 bits per heavy atom. The number of carbonyl (C=O) groups is 1. The quantitative estimate of drug-likeness (QED) is 0.820. The van der Waals surface area contributed by atoms with Gasteiger partial charge in [-0.05, 0) is 12.1 Å². The largest absolute Gasteiger partial charge is 0.380 e. The first-order valence-corrected chi connectivity index (χ1v) is 5.77. The summed E-state index contributed by atoms with van der Waals surface area (Å²) in [5.41, 5.74) is 2.68. The molecule has 0 fully saturated rings. The summed E-state index contributed by atoms with van der Waals surface area (Å²) >= 11 is 5.48. The van der Waals surface area contributed by atoms with Gasteiger partial charge in [0, 0.05) is 38.1 Å². The minimum atomic E-state index is -0.222. The molecule has 0 atom stereocenters. The van der Waals surface area contributed by atoms with Gasteiger partial charge in [-0.3, -0.25) is 4.79 Å². The fourth-order valence-electron chi connectivity index (χ4n) is 1.42. The number of amides is 1. The second-order valence-corrected chi connectivity index (χ2v) is 4.12. The molecule has 0 saturated heterocycles. The van der Waals surface area contributed by atoms with E-state index in [9.17, 15) is 4.79 Å². The van der Waals surface area contributed by atoms with Gasteiger partial charge in [-0.1, -0.05) is 6.07 Å². The van der Waals surface area contributed by atoms with Crippen molar-refractivity contribution in [2.45, 2.75) is 6.61 Å². The van der Waals surface area contributed by atoms with Gasteiger partial charge in [-0.15, -0.1) is 11.6 Å². The molecule has 1 rings (SSSR count). The summed E-state index contributed by atoms with van der Waals surface area (Å²) in [6.07, 6.45) is 0. The summed E-state index contributed by atoms with van der Waals surface area (Å²) in [5, 5.41) is 2.76. The highest BCUT2D eigenvalue weighted by Crippen LogP contribution is 2.23. The van der Waals surface area contributed by atoms with Crippen LogP contribution in [0.25, 0.3) is 0 Å². The van der Waals surface area contributed by atoms with Crippen LogP contribution in [0.1, 0.15) is 5.56 Å². The van der Waals surface area contributed by atoms with Gasteiger partial charge in [-0.25, -0.2) is 0 Å². The van der Waals surface area contributed by atoms with Crippen molar-refractivity contribution in [1.82, 2.24) is 0 Å². The number of anilines is 2. The molecule has 1 amide bonds. The maximum atomic E-state index is 11.3. The van der Waals surface area contributed by atoms with Crippen molar-refractivity contribution in [3.05, 3.63) is 23.8 Å². The molecule has 0 unspecified atom stereocenters. The Kier molecular flexibility index (Phi) is 5.25. The molecular formula is C12H17ClN2O2. The van der Waals surface area contributed by atoms with Crippen LogP contribution in [0.2, 0.25) is 0 Å². The van der Waals surface area contributed by atoms with Gasteiger partial charge in [0.25, 0.3) is 0 Å². The molecule has 0 aliphatic carbocycles. The number of hydrogen-bond donors (Lipinski definition) is 1. The lowest BCUT2D eigenvalue weighted by molar-refractivity contribution is -0.113. The first-order valence-electron chi connectivity index (χ1n) is 5.23. The molecule has 0 aliphatic rings. The van der Waals surface area contributed by atoms with E-state index in [1.165, 1.54) is 0 Å². The van der Waals surface area contributed by atoms with E-state index < -0.39 is 0 Å². The summed E-state index contributed by atoms with van der Waals surface area (Å²) in [6, 6.07) is 5.81. The first-order chi connectivity index (χ1) is 8.08. The third kappa shape index (κ3) is 3.91. The van der Waals surface area contributed by atoms with Crippen LogP contribution in [-0.2, 0) is 16.1 Å². The molecule has 0 aliphatic heterocycles. The van der Waals surface area contributed by atoms with Gasteiger partial charge >= 0.3 is 0 Å². The molecule has 1 N–H and O–H groups in total. The van der Waals surface area contributed by atoms with E-state index >= 15 is 0 Å². The van der Waals surface area contributed by atoms with Crippen molar-refractivity contribution in [2.75, 3.05) is 37.3 Å². The molecule has 1 aromatic carbocycles. The molecule has 0 aromatic heterocycles. The number of ether oxygens (including phenoxy) is 1. The lowest BCUT2D eigenvalue weighted by atomic mass is 10.1. The van der Waals surface area contributed by atoms with Crippen LogP contribution in [0, 0.1) is 0 Å². The topological polar surface area (TPSA) is 41.6 Å². The molecule has 0 heterocycles. The highest BCUT2D eigenvalue weighted by molar-refractivity contribution is 6.29. The summed E-state index contributed by atoms with van der Waals surface area (Å²) < 4.78 is 5.09. The minimum absolute atomic E-state index is 0.0569. The van der Waals surface area contributed by atoms with Gasteiger partial charge in [0.1, 0.15) is 5.88 Å². The Labute approximate surface area is 107 Å². The van der Waals surface area contributed by atoms with Crippen LogP contribution >= 0.6 is 11.6 Å². The van der Waals surface area contributed by atoms with Crippen LogP contribution in [0.15, 0.2) is 18.2 Å². The first kappa shape index (κ1) is 13.8. The van der Waals surface area contributed by atoms with E-state index in [1.807, 2.05) is 37.2 Å². The summed E-state index contributed by atoms with van der Waals surface area (Å²) in [7, 11) is 5.50. The molecule has 94 valence electrons. The zero-order valence-electron chi connectivity index (χ0n) is 10.3. The van der Waals surface area contributed by atoms with Gasteiger partial charge < -0.3 is 15.0 Å². The van der Waals surface area contributed by atoms with E-state index in [2.05, 4.69) is 5.32 Å². The zero-order valence-corrected chi connectivity index (χ0v) is 11.0. The van der Waals surface area contributed by atoms with Crippen LogP contribution < -0.4 is 10.2 Å². The predicted molar refractivity (Wildman–Crippen MR) is 70.8 cm³/mol. The van der Waals surface area contributed by atoms with Gasteiger partial charge in [-0.2, -0.15) is 0 Å². The van der Waals surface area contributed by atoms with Gasteiger partial charge in [0.05, 0.1) is 6.61 Å². The third-order valence-electron chi connectivity index (χ3n) is 2.31. The molecular weight excluding hydrogens is 240 g/mol. The van der Waals surface area contributed by atoms with E-state index in [0.717, 1.165) is 16.9 Å². The molecule has 0 bridgehead atoms. The Hall–Kier alpha value is -1.26. The summed E-state index contributed by atoms with van der Waals surface area (Å²) in [4.78, 5) is 13.3. The number of rotatable bonds is 5. The molecule has 0 spiro atoms. The van der Waals surface area contributed by atoms with Crippen molar-refractivity contribution >= 4 is 28.9 Å². The second-order valence-electron chi connectivity index (χ2n) is 3.85. The number of hydrogen-bond acceptors (Lipinski definition) is 3. The maximum absolute atomic E-state index is 11.3. The fraction of sp³-hybridized carbons (Fsp3) is 0.417. The molecule has 0 saturated carbocycles. The molecule has 17 heavy (non-hydrogen) atoms. The number of alkyl halides is 1. The van der Waals surface area contributed by atoms with Crippen LogP contribution in [-0.4, -0.2) is 33.0 Å². The SMILES string of the molecule is COCc1ccc(N(C)C)cc1NC(=O)CCl. The maximum Gasteiger partial charge on any atom is 0.239 e. The third-order valence-corrected chi connectivity index (χ3v) is 2.55. The Bertz CT molecular complexity index is 394. The normalized spacial score (nSPS) is 10.1. The monoisotopic (exact) mass is 256 g/mol. The molecule has 1 aromatic rings. The Morgan fingerprint density at radius 3 is 2.71 bits per heavy atom. The number of nitrogens with one attached hydrogen (secondary N) is 1. The van der Waals surface area contributed by atoms with E-state index in [1.54, 1.807) is 7.11 Å². The lowest BCUT2D eigenvalue weighted by Gasteiger charge is -2.16. The van der Waals surface area contributed by atoms with Crippen LogP contribution in [0.4, 0.5) is 11.4 Å². The fourth-order valence-corrected chi connectivity index (χ4v) is 1.49. The highest BCUT2D eigenvalue weighted by Gasteiger charge is 2.08. The lowest BCUT2D eigenvalue weighted by Crippen LogP contribution is -2.15. The average molecular weight is 257 g/mol. The number of methoxy groups -OCH3 is 1. The smallest absolute Gasteiger partial charge is 0.239 e. The predicted octanol–water partition coefficient (Wildman–Crippen LogP) is 2.08. The average Bonchev–Trinajstić information content (AvgIpc) is 2.31. The number of carbonyl (C=O) groups excluding carboxylic acids is 1. The summed E-state index contributed by atoms with van der Waals surface area (Å²) in [6.45, 7) is 0.450.